The van der Waals surface area contributed by atoms with Gasteiger partial charge in [0.1, 0.15) is 5.76 Å². The Labute approximate surface area is 173 Å². The SMILES string of the molecule is COc1ccc(/C=C/C(=O)OCC(=O)c2cc(C)n(Cc3ccco3)c2C)cc1F. The van der Waals surface area contributed by atoms with Gasteiger partial charge in [-0.1, -0.05) is 6.07 Å². The molecule has 7 heteroatoms. The van der Waals surface area contributed by atoms with Crippen molar-refractivity contribution in [2.45, 2.75) is 20.4 Å². The smallest absolute Gasteiger partial charge is 0.331 e. The van der Waals surface area contributed by atoms with E-state index in [1.165, 1.54) is 25.3 Å². The average molecular weight is 411 g/mol. The summed E-state index contributed by atoms with van der Waals surface area (Å²) in [4.78, 5) is 24.5. The van der Waals surface area contributed by atoms with Gasteiger partial charge < -0.3 is 18.5 Å². The van der Waals surface area contributed by atoms with Crippen LogP contribution in [0, 0.1) is 19.7 Å². The predicted octanol–water partition coefficient (Wildman–Crippen LogP) is 4.33. The number of methoxy groups -OCH3 is 1. The maximum atomic E-state index is 13.7. The van der Waals surface area contributed by atoms with Crippen LogP contribution >= 0.6 is 0 Å². The van der Waals surface area contributed by atoms with Crippen molar-refractivity contribution in [2.24, 2.45) is 0 Å². The van der Waals surface area contributed by atoms with Crippen molar-refractivity contribution in [3.63, 3.8) is 0 Å². The minimum Gasteiger partial charge on any atom is -0.494 e. The number of hydrogen-bond donors (Lipinski definition) is 0. The molecule has 6 nitrogen and oxygen atoms in total. The van der Waals surface area contributed by atoms with Gasteiger partial charge in [0.2, 0.25) is 5.78 Å². The van der Waals surface area contributed by atoms with Crippen LogP contribution in [0.25, 0.3) is 6.08 Å². The van der Waals surface area contributed by atoms with Crippen molar-refractivity contribution >= 4 is 17.8 Å². The van der Waals surface area contributed by atoms with E-state index < -0.39 is 11.8 Å². The Kier molecular flexibility index (Phi) is 6.51. The van der Waals surface area contributed by atoms with Crippen LogP contribution in [-0.2, 0) is 16.1 Å². The second-order valence-corrected chi connectivity index (χ2v) is 6.71. The van der Waals surface area contributed by atoms with Crippen molar-refractivity contribution in [1.82, 2.24) is 4.57 Å². The zero-order chi connectivity index (χ0) is 21.7. The molecule has 2 heterocycles. The number of Topliss-reactive ketones (excluding diaryl/α,β-unsaturated/α-hetero) is 1. The Bertz CT molecular complexity index is 1080. The highest BCUT2D eigenvalue weighted by Gasteiger charge is 2.17. The quantitative estimate of drug-likeness (QED) is 0.313. The lowest BCUT2D eigenvalue weighted by Gasteiger charge is -2.08. The molecule has 0 saturated carbocycles. The Hall–Kier alpha value is -3.61. The number of esters is 1. The first-order valence-electron chi connectivity index (χ1n) is 9.29. The van der Waals surface area contributed by atoms with Crippen LogP contribution in [-0.4, -0.2) is 30.0 Å². The number of carbonyl (C=O) groups is 2. The molecule has 0 spiro atoms. The number of halogens is 1. The van der Waals surface area contributed by atoms with E-state index in [0.29, 0.717) is 17.7 Å². The van der Waals surface area contributed by atoms with Crippen molar-refractivity contribution in [2.75, 3.05) is 13.7 Å². The van der Waals surface area contributed by atoms with Gasteiger partial charge >= 0.3 is 5.97 Å². The molecule has 0 saturated heterocycles. The highest BCUT2D eigenvalue weighted by atomic mass is 19.1. The second-order valence-electron chi connectivity index (χ2n) is 6.71. The van der Waals surface area contributed by atoms with Gasteiger partial charge in [-0.15, -0.1) is 0 Å². The maximum absolute atomic E-state index is 13.7. The summed E-state index contributed by atoms with van der Waals surface area (Å²) in [6.45, 7) is 3.86. The maximum Gasteiger partial charge on any atom is 0.331 e. The molecule has 0 radical (unpaired) electrons. The monoisotopic (exact) mass is 411 g/mol. The molecule has 0 amide bonds. The van der Waals surface area contributed by atoms with Crippen LogP contribution < -0.4 is 4.74 Å². The number of rotatable bonds is 8. The van der Waals surface area contributed by atoms with Crippen molar-refractivity contribution in [1.29, 1.82) is 0 Å². The van der Waals surface area contributed by atoms with E-state index in [1.54, 1.807) is 18.4 Å². The highest BCUT2D eigenvalue weighted by molar-refractivity contribution is 6.00. The first-order valence-corrected chi connectivity index (χ1v) is 9.29. The summed E-state index contributed by atoms with van der Waals surface area (Å²) in [6.07, 6.45) is 4.15. The van der Waals surface area contributed by atoms with Crippen LogP contribution in [0.15, 0.2) is 53.2 Å². The molecule has 0 unspecified atom stereocenters. The predicted molar refractivity (Wildman–Crippen MR) is 109 cm³/mol. The first-order chi connectivity index (χ1) is 14.4. The molecule has 0 atom stereocenters. The van der Waals surface area contributed by atoms with Gasteiger partial charge in [-0.25, -0.2) is 9.18 Å². The number of ketones is 1. The second kappa shape index (κ2) is 9.26. The minimum absolute atomic E-state index is 0.116. The van der Waals surface area contributed by atoms with Gasteiger partial charge in [-0.3, -0.25) is 4.79 Å². The van der Waals surface area contributed by atoms with Crippen molar-refractivity contribution in [3.8, 4) is 5.75 Å². The fourth-order valence-corrected chi connectivity index (χ4v) is 3.10. The number of carbonyl (C=O) groups excluding carboxylic acids is 2. The molecule has 0 aliphatic carbocycles. The van der Waals surface area contributed by atoms with E-state index in [0.717, 1.165) is 23.2 Å². The van der Waals surface area contributed by atoms with Crippen LogP contribution in [0.1, 0.15) is 33.1 Å². The fraction of sp³-hybridized carbons (Fsp3) is 0.217. The van der Waals surface area contributed by atoms with Crippen molar-refractivity contribution in [3.05, 3.63) is 82.8 Å². The summed E-state index contributed by atoms with van der Waals surface area (Å²) in [5, 5.41) is 0. The van der Waals surface area contributed by atoms with Crippen LogP contribution in [0.3, 0.4) is 0 Å². The van der Waals surface area contributed by atoms with Gasteiger partial charge in [-0.05, 0) is 55.8 Å². The average Bonchev–Trinajstić information content (AvgIpc) is 3.34. The summed E-state index contributed by atoms with van der Waals surface area (Å²) >= 11 is 0. The molecule has 3 rings (SSSR count). The number of hydrogen-bond acceptors (Lipinski definition) is 5. The lowest BCUT2D eigenvalue weighted by atomic mass is 10.1. The molecule has 3 aromatic rings. The lowest BCUT2D eigenvalue weighted by molar-refractivity contribution is -0.136. The van der Waals surface area contributed by atoms with Gasteiger partial charge in [0.05, 0.1) is 19.9 Å². The molecule has 0 fully saturated rings. The van der Waals surface area contributed by atoms with Crippen molar-refractivity contribution < 1.29 is 27.9 Å². The molecule has 0 bridgehead atoms. The number of furan rings is 1. The van der Waals surface area contributed by atoms with E-state index >= 15 is 0 Å². The summed E-state index contributed by atoms with van der Waals surface area (Å²) in [6, 6.07) is 9.74. The third-order valence-electron chi connectivity index (χ3n) is 4.70. The molecule has 30 heavy (non-hydrogen) atoms. The largest absolute Gasteiger partial charge is 0.494 e. The standard InChI is InChI=1S/C23H22FNO5/c1-15-11-19(16(2)25(15)13-18-5-4-10-29-18)21(26)14-30-23(27)9-7-17-6-8-22(28-3)20(24)12-17/h4-12H,13-14H2,1-3H3/b9-7+. The number of nitrogens with zero attached hydrogens (tertiary/aromatic N) is 1. The molecule has 2 aromatic heterocycles. The number of ether oxygens (including phenoxy) is 2. The highest BCUT2D eigenvalue weighted by Crippen LogP contribution is 2.19. The van der Waals surface area contributed by atoms with Crippen LogP contribution in [0.4, 0.5) is 4.39 Å². The van der Waals surface area contributed by atoms with Gasteiger partial charge in [0.25, 0.3) is 0 Å². The zero-order valence-electron chi connectivity index (χ0n) is 17.0. The molecule has 0 aliphatic rings. The minimum atomic E-state index is -0.691. The summed E-state index contributed by atoms with van der Waals surface area (Å²) in [7, 11) is 1.37. The topological polar surface area (TPSA) is 70.7 Å². The van der Waals surface area contributed by atoms with E-state index in [2.05, 4.69) is 0 Å². The Morgan fingerprint density at radius 3 is 2.67 bits per heavy atom. The number of benzene rings is 1. The number of aryl methyl sites for hydroxylation is 1. The normalized spacial score (nSPS) is 11.1. The van der Waals surface area contributed by atoms with Crippen LogP contribution in [0.5, 0.6) is 5.75 Å². The van der Waals surface area contributed by atoms with E-state index in [-0.39, 0.29) is 18.1 Å². The molecular formula is C23H22FNO5. The lowest BCUT2D eigenvalue weighted by Crippen LogP contribution is -2.13. The molecule has 156 valence electrons. The Morgan fingerprint density at radius 1 is 1.20 bits per heavy atom. The zero-order valence-corrected chi connectivity index (χ0v) is 17.0. The Morgan fingerprint density at radius 2 is 2.00 bits per heavy atom. The molecular weight excluding hydrogens is 389 g/mol. The van der Waals surface area contributed by atoms with E-state index in [4.69, 9.17) is 13.9 Å². The van der Waals surface area contributed by atoms with Crippen LogP contribution in [0.2, 0.25) is 0 Å². The summed E-state index contributed by atoms with van der Waals surface area (Å²) in [5.41, 5.74) is 2.64. The molecule has 0 aliphatic heterocycles. The summed E-state index contributed by atoms with van der Waals surface area (Å²) in [5.74, 6) is -0.629. The van der Waals surface area contributed by atoms with Gasteiger partial charge in [-0.2, -0.15) is 0 Å². The number of aromatic nitrogens is 1. The van der Waals surface area contributed by atoms with E-state index in [1.807, 2.05) is 30.5 Å². The fourth-order valence-electron chi connectivity index (χ4n) is 3.10. The Balaban J connectivity index is 1.60. The first kappa shape index (κ1) is 21.1. The third kappa shape index (κ3) is 4.86. The van der Waals surface area contributed by atoms with Gasteiger partial charge in [0, 0.05) is 23.0 Å². The van der Waals surface area contributed by atoms with E-state index in [9.17, 15) is 14.0 Å². The third-order valence-corrected chi connectivity index (χ3v) is 4.70. The molecule has 1 aromatic carbocycles. The summed E-state index contributed by atoms with van der Waals surface area (Å²) < 4.78 is 30.9. The van der Waals surface area contributed by atoms with Gasteiger partial charge in [0.15, 0.2) is 18.2 Å². The molecule has 0 N–H and O–H groups in total.